The van der Waals surface area contributed by atoms with E-state index >= 15 is 0 Å². The Morgan fingerprint density at radius 3 is 2.61 bits per heavy atom. The van der Waals surface area contributed by atoms with Gasteiger partial charge in [-0.1, -0.05) is 24.3 Å². The number of amides is 3. The number of anilines is 1. The topological polar surface area (TPSA) is 52.6 Å². The summed E-state index contributed by atoms with van der Waals surface area (Å²) in [7, 11) is 1.84. The first-order valence-electron chi connectivity index (χ1n) is 9.64. The van der Waals surface area contributed by atoms with E-state index in [0.717, 1.165) is 30.5 Å². The van der Waals surface area contributed by atoms with E-state index in [1.54, 1.807) is 15.9 Å². The highest BCUT2D eigenvalue weighted by molar-refractivity contribution is 5.92. The molecule has 0 aromatic heterocycles. The lowest BCUT2D eigenvalue weighted by Gasteiger charge is -2.37. The van der Waals surface area contributed by atoms with Gasteiger partial charge in [0.1, 0.15) is 5.82 Å². The van der Waals surface area contributed by atoms with E-state index < -0.39 is 5.41 Å². The Morgan fingerprint density at radius 1 is 1.07 bits per heavy atom. The Balaban J connectivity index is 1.46. The summed E-state index contributed by atoms with van der Waals surface area (Å²) in [5, 5.41) is 2.93. The van der Waals surface area contributed by atoms with Crippen LogP contribution in [0.5, 0.6) is 0 Å². The molecule has 2 fully saturated rings. The number of carbonyl (C=O) groups is 2. The van der Waals surface area contributed by atoms with Gasteiger partial charge in [0, 0.05) is 32.4 Å². The van der Waals surface area contributed by atoms with Gasteiger partial charge in [-0.25, -0.2) is 9.18 Å². The zero-order chi connectivity index (χ0) is 19.7. The predicted octanol–water partition coefficient (Wildman–Crippen LogP) is 3.97. The first kappa shape index (κ1) is 18.5. The molecule has 2 aromatic carbocycles. The third kappa shape index (κ3) is 3.46. The number of urea groups is 1. The molecule has 6 heteroatoms. The Labute approximate surface area is 164 Å². The number of hydrogen-bond donors (Lipinski definition) is 1. The predicted molar refractivity (Wildman–Crippen MR) is 106 cm³/mol. The number of likely N-dealkylation sites (tertiary alicyclic amines) is 2. The van der Waals surface area contributed by atoms with Crippen LogP contribution < -0.4 is 5.32 Å². The standard InChI is InChI=1S/C22H24FN3O2/c1-25-11-4-9-22(20(25)27)10-12-26(15-22)21(28)24-19-8-3-6-17(14-19)16-5-2-7-18(23)13-16/h2-3,5-8,13-14H,4,9-12,15H2,1H3,(H,24,28)/t22-/m0/s1. The molecule has 2 aliphatic rings. The number of halogens is 1. The minimum atomic E-state index is -0.423. The molecule has 2 aromatic rings. The van der Waals surface area contributed by atoms with E-state index in [9.17, 15) is 14.0 Å². The number of piperidine rings is 1. The maximum atomic E-state index is 13.5. The van der Waals surface area contributed by atoms with E-state index in [-0.39, 0.29) is 17.8 Å². The molecule has 1 N–H and O–H groups in total. The molecule has 0 bridgehead atoms. The largest absolute Gasteiger partial charge is 0.345 e. The van der Waals surface area contributed by atoms with Crippen molar-refractivity contribution in [2.45, 2.75) is 19.3 Å². The summed E-state index contributed by atoms with van der Waals surface area (Å²) in [5.41, 5.74) is 1.82. The molecule has 0 saturated carbocycles. The summed E-state index contributed by atoms with van der Waals surface area (Å²) in [6.45, 7) is 1.83. The lowest BCUT2D eigenvalue weighted by atomic mass is 9.78. The van der Waals surface area contributed by atoms with E-state index in [1.165, 1.54) is 12.1 Å². The highest BCUT2D eigenvalue weighted by Gasteiger charge is 2.48. The molecule has 0 radical (unpaired) electrons. The van der Waals surface area contributed by atoms with Crippen LogP contribution in [0.4, 0.5) is 14.9 Å². The molecule has 5 nitrogen and oxygen atoms in total. The lowest BCUT2D eigenvalue weighted by molar-refractivity contribution is -0.143. The number of carbonyl (C=O) groups excluding carboxylic acids is 2. The van der Waals surface area contributed by atoms with Crippen LogP contribution >= 0.6 is 0 Å². The van der Waals surface area contributed by atoms with Crippen molar-refractivity contribution >= 4 is 17.6 Å². The number of hydrogen-bond acceptors (Lipinski definition) is 2. The molecule has 1 spiro atoms. The molecular weight excluding hydrogens is 357 g/mol. The van der Waals surface area contributed by atoms with Gasteiger partial charge in [-0.3, -0.25) is 4.79 Å². The second-order valence-electron chi connectivity index (χ2n) is 7.80. The van der Waals surface area contributed by atoms with Gasteiger partial charge >= 0.3 is 6.03 Å². The fraction of sp³-hybridized carbons (Fsp3) is 0.364. The Bertz CT molecular complexity index is 916. The molecule has 1 atom stereocenters. The average Bonchev–Trinajstić information content (AvgIpc) is 3.12. The van der Waals surface area contributed by atoms with Crippen LogP contribution in [-0.2, 0) is 4.79 Å². The van der Waals surface area contributed by atoms with Gasteiger partial charge in [0.25, 0.3) is 0 Å². The second-order valence-corrected chi connectivity index (χ2v) is 7.80. The van der Waals surface area contributed by atoms with Crippen molar-refractivity contribution in [2.24, 2.45) is 5.41 Å². The number of rotatable bonds is 2. The minimum Gasteiger partial charge on any atom is -0.345 e. The van der Waals surface area contributed by atoms with Crippen molar-refractivity contribution in [1.29, 1.82) is 0 Å². The van der Waals surface area contributed by atoms with Gasteiger partial charge in [-0.05, 0) is 54.7 Å². The average molecular weight is 381 g/mol. The number of benzene rings is 2. The zero-order valence-corrected chi connectivity index (χ0v) is 16.0. The third-order valence-corrected chi connectivity index (χ3v) is 5.86. The summed E-state index contributed by atoms with van der Waals surface area (Å²) in [6.07, 6.45) is 2.54. The SMILES string of the molecule is CN1CCC[C@@]2(CCN(C(=O)Nc3cccc(-c4cccc(F)c4)c3)C2)C1=O. The van der Waals surface area contributed by atoms with Gasteiger partial charge in [-0.2, -0.15) is 0 Å². The molecular formula is C22H24FN3O2. The normalized spacial score (nSPS) is 22.0. The smallest absolute Gasteiger partial charge is 0.321 e. The van der Waals surface area contributed by atoms with Crippen molar-refractivity contribution in [3.63, 3.8) is 0 Å². The maximum Gasteiger partial charge on any atom is 0.321 e. The molecule has 0 aliphatic carbocycles. The van der Waals surface area contributed by atoms with E-state index in [4.69, 9.17) is 0 Å². The molecule has 2 heterocycles. The number of nitrogens with one attached hydrogen (secondary N) is 1. The molecule has 4 rings (SSSR count). The van der Waals surface area contributed by atoms with Crippen LogP contribution in [0, 0.1) is 11.2 Å². The molecule has 28 heavy (non-hydrogen) atoms. The van der Waals surface area contributed by atoms with Gasteiger partial charge in [-0.15, -0.1) is 0 Å². The van der Waals surface area contributed by atoms with Crippen LogP contribution in [0.3, 0.4) is 0 Å². The van der Waals surface area contributed by atoms with Crippen LogP contribution in [0.25, 0.3) is 11.1 Å². The van der Waals surface area contributed by atoms with E-state index in [2.05, 4.69) is 5.32 Å². The van der Waals surface area contributed by atoms with E-state index in [0.29, 0.717) is 25.2 Å². The zero-order valence-electron chi connectivity index (χ0n) is 16.0. The van der Waals surface area contributed by atoms with Crippen LogP contribution in [-0.4, -0.2) is 48.4 Å². The van der Waals surface area contributed by atoms with Crippen molar-refractivity contribution < 1.29 is 14.0 Å². The van der Waals surface area contributed by atoms with Crippen LogP contribution in [0.1, 0.15) is 19.3 Å². The first-order chi connectivity index (χ1) is 13.5. The molecule has 3 amide bonds. The van der Waals surface area contributed by atoms with Crippen LogP contribution in [0.2, 0.25) is 0 Å². The van der Waals surface area contributed by atoms with E-state index in [1.807, 2.05) is 37.4 Å². The van der Waals surface area contributed by atoms with Crippen molar-refractivity contribution in [1.82, 2.24) is 9.80 Å². The lowest BCUT2D eigenvalue weighted by Crippen LogP contribution is -2.49. The summed E-state index contributed by atoms with van der Waals surface area (Å²) in [5.74, 6) is -0.140. The Kier molecular flexibility index (Phi) is 4.79. The van der Waals surface area contributed by atoms with Crippen molar-refractivity contribution in [2.75, 3.05) is 32.0 Å². The fourth-order valence-corrected chi connectivity index (χ4v) is 4.34. The monoisotopic (exact) mass is 381 g/mol. The summed E-state index contributed by atoms with van der Waals surface area (Å²) in [6, 6.07) is 13.5. The summed E-state index contributed by atoms with van der Waals surface area (Å²) >= 11 is 0. The Hall–Kier alpha value is -2.89. The maximum absolute atomic E-state index is 13.5. The van der Waals surface area contributed by atoms with Gasteiger partial charge in [0.05, 0.1) is 5.41 Å². The minimum absolute atomic E-state index is 0.155. The third-order valence-electron chi connectivity index (χ3n) is 5.86. The highest BCUT2D eigenvalue weighted by atomic mass is 19.1. The quantitative estimate of drug-likeness (QED) is 0.856. The summed E-state index contributed by atoms with van der Waals surface area (Å²) in [4.78, 5) is 28.9. The molecule has 2 saturated heterocycles. The van der Waals surface area contributed by atoms with Gasteiger partial charge < -0.3 is 15.1 Å². The highest BCUT2D eigenvalue weighted by Crippen LogP contribution is 2.39. The Morgan fingerprint density at radius 2 is 1.82 bits per heavy atom. The number of nitrogens with zero attached hydrogens (tertiary/aromatic N) is 2. The molecule has 0 unspecified atom stereocenters. The van der Waals surface area contributed by atoms with Crippen LogP contribution in [0.15, 0.2) is 48.5 Å². The molecule has 146 valence electrons. The molecule has 2 aliphatic heterocycles. The van der Waals surface area contributed by atoms with Crippen molar-refractivity contribution in [3.8, 4) is 11.1 Å². The second kappa shape index (κ2) is 7.26. The van der Waals surface area contributed by atoms with Gasteiger partial charge in [0.2, 0.25) is 5.91 Å². The fourth-order valence-electron chi connectivity index (χ4n) is 4.34. The van der Waals surface area contributed by atoms with Crippen molar-refractivity contribution in [3.05, 3.63) is 54.3 Å². The summed E-state index contributed by atoms with van der Waals surface area (Å²) < 4.78 is 13.5. The first-order valence-corrected chi connectivity index (χ1v) is 9.64. The van der Waals surface area contributed by atoms with Gasteiger partial charge in [0.15, 0.2) is 0 Å².